The fourth-order valence-corrected chi connectivity index (χ4v) is 2.91. The average Bonchev–Trinajstić information content (AvgIpc) is 2.14. The highest BCUT2D eigenvalue weighted by molar-refractivity contribution is 5.02. The second-order valence-corrected chi connectivity index (χ2v) is 5.44. The highest BCUT2D eigenvalue weighted by Crippen LogP contribution is 2.34. The van der Waals surface area contributed by atoms with Crippen molar-refractivity contribution in [2.24, 2.45) is 11.8 Å². The van der Waals surface area contributed by atoms with E-state index in [9.17, 15) is 0 Å². The van der Waals surface area contributed by atoms with Gasteiger partial charge >= 0.3 is 0 Å². The number of ether oxygens (including phenoxy) is 2. The second kappa shape index (κ2) is 4.40. The molecule has 2 unspecified atom stereocenters. The van der Waals surface area contributed by atoms with Crippen LogP contribution in [0.15, 0.2) is 0 Å². The summed E-state index contributed by atoms with van der Waals surface area (Å²) in [7, 11) is 0. The monoisotopic (exact) mass is 213 g/mol. The Morgan fingerprint density at radius 1 is 1.33 bits per heavy atom. The van der Waals surface area contributed by atoms with Crippen LogP contribution in [0.1, 0.15) is 27.2 Å². The molecule has 15 heavy (non-hydrogen) atoms. The minimum Gasteiger partial charge on any atom is -0.375 e. The van der Waals surface area contributed by atoms with Crippen LogP contribution >= 0.6 is 0 Å². The van der Waals surface area contributed by atoms with Gasteiger partial charge in [-0.15, -0.1) is 0 Å². The van der Waals surface area contributed by atoms with E-state index in [0.29, 0.717) is 12.0 Å². The average molecular weight is 213 g/mol. The molecule has 3 heteroatoms. The molecule has 0 aromatic rings. The summed E-state index contributed by atoms with van der Waals surface area (Å²) in [5.74, 6) is 1.41. The molecular formula is C12H23NO2. The van der Waals surface area contributed by atoms with E-state index in [0.717, 1.165) is 32.3 Å². The van der Waals surface area contributed by atoms with Gasteiger partial charge in [0.1, 0.15) is 5.60 Å². The first kappa shape index (κ1) is 11.4. The van der Waals surface area contributed by atoms with Crippen molar-refractivity contribution in [3.63, 3.8) is 0 Å². The molecule has 1 N–H and O–H groups in total. The maximum Gasteiger partial charge on any atom is 0.130 e. The molecule has 2 fully saturated rings. The van der Waals surface area contributed by atoms with Crippen LogP contribution in [0.25, 0.3) is 0 Å². The summed E-state index contributed by atoms with van der Waals surface area (Å²) in [5, 5.41) is 3.61. The molecule has 0 radical (unpaired) electrons. The minimum atomic E-state index is -0.00738. The first-order valence-corrected chi connectivity index (χ1v) is 6.09. The zero-order chi connectivity index (χ0) is 10.9. The number of rotatable bonds is 3. The van der Waals surface area contributed by atoms with Crippen molar-refractivity contribution in [2.75, 3.05) is 26.4 Å². The first-order valence-electron chi connectivity index (χ1n) is 6.09. The molecule has 2 aliphatic rings. The third-order valence-corrected chi connectivity index (χ3v) is 3.53. The number of hydrogen-bond donors (Lipinski definition) is 1. The Morgan fingerprint density at radius 3 is 2.60 bits per heavy atom. The number of morpholine rings is 1. The van der Waals surface area contributed by atoms with Gasteiger partial charge in [0, 0.05) is 12.6 Å². The van der Waals surface area contributed by atoms with Crippen molar-refractivity contribution in [2.45, 2.75) is 38.8 Å². The number of nitrogens with one attached hydrogen (secondary N) is 1. The van der Waals surface area contributed by atoms with E-state index >= 15 is 0 Å². The topological polar surface area (TPSA) is 30.5 Å². The van der Waals surface area contributed by atoms with Crippen molar-refractivity contribution in [3.05, 3.63) is 0 Å². The molecule has 2 aliphatic heterocycles. The van der Waals surface area contributed by atoms with Gasteiger partial charge in [0.2, 0.25) is 0 Å². The van der Waals surface area contributed by atoms with Gasteiger partial charge in [-0.3, -0.25) is 0 Å². The lowest BCUT2D eigenvalue weighted by atomic mass is 9.79. The van der Waals surface area contributed by atoms with Gasteiger partial charge in [-0.1, -0.05) is 20.8 Å². The van der Waals surface area contributed by atoms with Crippen molar-refractivity contribution in [1.82, 2.24) is 5.32 Å². The maximum atomic E-state index is 5.93. The lowest BCUT2D eigenvalue weighted by Crippen LogP contribution is -2.69. The van der Waals surface area contributed by atoms with E-state index in [2.05, 4.69) is 26.1 Å². The van der Waals surface area contributed by atoms with Gasteiger partial charge in [-0.2, -0.15) is 0 Å². The van der Waals surface area contributed by atoms with E-state index in [1.807, 2.05) is 0 Å². The Balaban J connectivity index is 1.98. The molecule has 0 aliphatic carbocycles. The zero-order valence-electron chi connectivity index (χ0n) is 10.1. The SMILES string of the molecule is CC(C)CC(C)C1NCCOC12COC2. The van der Waals surface area contributed by atoms with Gasteiger partial charge in [0.15, 0.2) is 0 Å². The second-order valence-electron chi connectivity index (χ2n) is 5.44. The van der Waals surface area contributed by atoms with Crippen LogP contribution in [0, 0.1) is 11.8 Å². The third kappa shape index (κ3) is 2.19. The van der Waals surface area contributed by atoms with Crippen molar-refractivity contribution in [1.29, 1.82) is 0 Å². The van der Waals surface area contributed by atoms with Gasteiger partial charge in [-0.25, -0.2) is 0 Å². The fourth-order valence-electron chi connectivity index (χ4n) is 2.91. The normalized spacial score (nSPS) is 31.6. The van der Waals surface area contributed by atoms with Crippen LogP contribution in [0.2, 0.25) is 0 Å². The van der Waals surface area contributed by atoms with Gasteiger partial charge in [-0.05, 0) is 18.3 Å². The molecule has 0 bridgehead atoms. The molecule has 88 valence electrons. The lowest BCUT2D eigenvalue weighted by Gasteiger charge is -2.52. The van der Waals surface area contributed by atoms with Crippen LogP contribution in [-0.2, 0) is 9.47 Å². The highest BCUT2D eigenvalue weighted by Gasteiger charge is 2.50. The van der Waals surface area contributed by atoms with Crippen LogP contribution in [-0.4, -0.2) is 38.0 Å². The fraction of sp³-hybridized carbons (Fsp3) is 1.00. The van der Waals surface area contributed by atoms with Crippen LogP contribution in [0.4, 0.5) is 0 Å². The van der Waals surface area contributed by atoms with Crippen molar-refractivity contribution < 1.29 is 9.47 Å². The molecule has 0 saturated carbocycles. The molecular weight excluding hydrogens is 190 g/mol. The summed E-state index contributed by atoms with van der Waals surface area (Å²) in [4.78, 5) is 0. The van der Waals surface area contributed by atoms with Gasteiger partial charge < -0.3 is 14.8 Å². The molecule has 3 nitrogen and oxygen atoms in total. The quantitative estimate of drug-likeness (QED) is 0.769. The van der Waals surface area contributed by atoms with E-state index < -0.39 is 0 Å². The Bertz CT molecular complexity index is 214. The highest BCUT2D eigenvalue weighted by atomic mass is 16.6. The van der Waals surface area contributed by atoms with E-state index in [-0.39, 0.29) is 5.60 Å². The van der Waals surface area contributed by atoms with E-state index in [1.165, 1.54) is 6.42 Å². The van der Waals surface area contributed by atoms with Gasteiger partial charge in [0.25, 0.3) is 0 Å². The summed E-state index contributed by atoms with van der Waals surface area (Å²) in [5.41, 5.74) is -0.00738. The molecule has 0 aromatic carbocycles. The zero-order valence-corrected chi connectivity index (χ0v) is 10.1. The summed E-state index contributed by atoms with van der Waals surface area (Å²) in [6.07, 6.45) is 1.25. The van der Waals surface area contributed by atoms with E-state index in [4.69, 9.17) is 9.47 Å². The third-order valence-electron chi connectivity index (χ3n) is 3.53. The molecule has 1 spiro atoms. The predicted octanol–water partition coefficient (Wildman–Crippen LogP) is 1.43. The van der Waals surface area contributed by atoms with Crippen molar-refractivity contribution in [3.8, 4) is 0 Å². The minimum absolute atomic E-state index is 0.00738. The molecule has 2 rings (SSSR count). The summed E-state index contributed by atoms with van der Waals surface area (Å²) in [6, 6.07) is 0.474. The molecule has 2 atom stereocenters. The predicted molar refractivity (Wildman–Crippen MR) is 59.9 cm³/mol. The Hall–Kier alpha value is -0.120. The Labute approximate surface area is 92.5 Å². The summed E-state index contributed by atoms with van der Waals surface area (Å²) in [6.45, 7) is 10.2. The van der Waals surface area contributed by atoms with Crippen LogP contribution in [0.5, 0.6) is 0 Å². The van der Waals surface area contributed by atoms with Crippen LogP contribution in [0.3, 0.4) is 0 Å². The lowest BCUT2D eigenvalue weighted by molar-refractivity contribution is -0.244. The maximum absolute atomic E-state index is 5.93. The molecule has 0 amide bonds. The van der Waals surface area contributed by atoms with Crippen molar-refractivity contribution >= 4 is 0 Å². The van der Waals surface area contributed by atoms with Gasteiger partial charge in [0.05, 0.1) is 19.8 Å². The number of hydrogen-bond acceptors (Lipinski definition) is 3. The van der Waals surface area contributed by atoms with Crippen LogP contribution < -0.4 is 5.32 Å². The molecule has 2 saturated heterocycles. The Morgan fingerprint density at radius 2 is 2.07 bits per heavy atom. The summed E-state index contributed by atoms with van der Waals surface area (Å²) < 4.78 is 11.3. The smallest absolute Gasteiger partial charge is 0.130 e. The summed E-state index contributed by atoms with van der Waals surface area (Å²) >= 11 is 0. The first-order chi connectivity index (χ1) is 7.14. The van der Waals surface area contributed by atoms with E-state index in [1.54, 1.807) is 0 Å². The largest absolute Gasteiger partial charge is 0.375 e. The molecule has 0 aromatic heterocycles. The standard InChI is InChI=1S/C12H23NO2/c1-9(2)6-10(3)11-12(7-14-8-12)15-5-4-13-11/h9-11,13H,4-8H2,1-3H3. The Kier molecular flexibility index (Phi) is 3.33. The molecule has 2 heterocycles.